The van der Waals surface area contributed by atoms with Crippen LogP contribution < -0.4 is 15.0 Å². The lowest BCUT2D eigenvalue weighted by Gasteiger charge is -2.45. The standard InChI is InChI=1S/C29H33F3N4O4/c1-28(15-4-16-35(19-28)22-9-11-23(12-10-22)36(37)38)17-21-5-2-3-6-25(21)34-27-33-18-26(39-27)20-7-13-24(14-8-20)40-29(30,31)32/h7-14,18,21,25H,2-6,15-17,19H2,1H3,(H,33,34)/t21-,25+,28+/m0/s1. The number of halogens is 3. The molecule has 0 unspecified atom stereocenters. The summed E-state index contributed by atoms with van der Waals surface area (Å²) in [6.45, 7) is 4.17. The summed E-state index contributed by atoms with van der Waals surface area (Å²) in [7, 11) is 0. The van der Waals surface area contributed by atoms with Gasteiger partial charge in [-0.1, -0.05) is 19.8 Å². The molecule has 40 heavy (non-hydrogen) atoms. The number of nitro groups is 1. The van der Waals surface area contributed by atoms with Crippen LogP contribution in [0.2, 0.25) is 0 Å². The molecular formula is C29H33F3N4O4. The van der Waals surface area contributed by atoms with E-state index in [1.165, 1.54) is 30.7 Å². The minimum absolute atomic E-state index is 0.0989. The van der Waals surface area contributed by atoms with E-state index in [-0.39, 0.29) is 27.8 Å². The second-order valence-electron chi connectivity index (χ2n) is 11.2. The molecule has 2 aliphatic rings. The number of ether oxygens (including phenoxy) is 1. The van der Waals surface area contributed by atoms with Gasteiger partial charge in [0.25, 0.3) is 11.7 Å². The van der Waals surface area contributed by atoms with Crippen molar-refractivity contribution < 1.29 is 27.2 Å². The van der Waals surface area contributed by atoms with Gasteiger partial charge in [0.2, 0.25) is 0 Å². The quantitative estimate of drug-likeness (QED) is 0.223. The van der Waals surface area contributed by atoms with Crippen molar-refractivity contribution in [3.63, 3.8) is 0 Å². The molecule has 1 aliphatic heterocycles. The second kappa shape index (κ2) is 11.4. The molecule has 1 saturated heterocycles. The van der Waals surface area contributed by atoms with Gasteiger partial charge in [-0.3, -0.25) is 10.1 Å². The molecule has 0 amide bonds. The first-order valence-electron chi connectivity index (χ1n) is 13.6. The average molecular weight is 559 g/mol. The third-order valence-corrected chi connectivity index (χ3v) is 8.06. The van der Waals surface area contributed by atoms with E-state index >= 15 is 0 Å². The van der Waals surface area contributed by atoms with Crippen LogP contribution in [0.25, 0.3) is 11.3 Å². The molecule has 0 bridgehead atoms. The number of aromatic nitrogens is 1. The summed E-state index contributed by atoms with van der Waals surface area (Å²) in [5, 5.41) is 14.5. The van der Waals surface area contributed by atoms with Crippen molar-refractivity contribution in [3.8, 4) is 17.1 Å². The van der Waals surface area contributed by atoms with E-state index in [1.54, 1.807) is 18.3 Å². The Morgan fingerprint density at radius 3 is 2.55 bits per heavy atom. The Balaban J connectivity index is 1.22. The van der Waals surface area contributed by atoms with Crippen LogP contribution in [0.4, 0.5) is 30.6 Å². The lowest BCUT2D eigenvalue weighted by Crippen LogP contribution is -2.45. The minimum Gasteiger partial charge on any atom is -0.424 e. The van der Waals surface area contributed by atoms with E-state index in [9.17, 15) is 23.3 Å². The number of hydrogen-bond donors (Lipinski definition) is 1. The van der Waals surface area contributed by atoms with Gasteiger partial charge in [-0.15, -0.1) is 13.2 Å². The zero-order chi connectivity index (χ0) is 28.3. The van der Waals surface area contributed by atoms with Gasteiger partial charge in [0, 0.05) is 42.5 Å². The Hall–Kier alpha value is -3.76. The van der Waals surface area contributed by atoms with Crippen LogP contribution in [0.3, 0.4) is 0 Å². The first-order chi connectivity index (χ1) is 19.1. The fraction of sp³-hybridized carbons (Fsp3) is 0.483. The Morgan fingerprint density at radius 1 is 1.12 bits per heavy atom. The van der Waals surface area contributed by atoms with Crippen molar-refractivity contribution in [2.75, 3.05) is 23.3 Å². The van der Waals surface area contributed by atoms with E-state index in [4.69, 9.17) is 4.42 Å². The Morgan fingerprint density at radius 2 is 1.85 bits per heavy atom. The monoisotopic (exact) mass is 558 g/mol. The number of non-ortho nitro benzene ring substituents is 1. The van der Waals surface area contributed by atoms with Crippen molar-refractivity contribution in [2.24, 2.45) is 11.3 Å². The molecule has 5 rings (SSSR count). The number of nitrogens with one attached hydrogen (secondary N) is 1. The molecule has 1 aliphatic carbocycles. The molecular weight excluding hydrogens is 525 g/mol. The van der Waals surface area contributed by atoms with Gasteiger partial charge < -0.3 is 19.4 Å². The molecule has 1 N–H and O–H groups in total. The first-order valence-corrected chi connectivity index (χ1v) is 13.6. The van der Waals surface area contributed by atoms with Crippen LogP contribution in [-0.4, -0.2) is 35.4 Å². The molecule has 11 heteroatoms. The van der Waals surface area contributed by atoms with Crippen LogP contribution >= 0.6 is 0 Å². The molecule has 0 radical (unpaired) electrons. The summed E-state index contributed by atoms with van der Waals surface area (Å²) in [5.74, 6) is 0.610. The molecule has 2 heterocycles. The van der Waals surface area contributed by atoms with Gasteiger partial charge in [-0.25, -0.2) is 4.98 Å². The van der Waals surface area contributed by atoms with Crippen molar-refractivity contribution in [2.45, 2.75) is 64.3 Å². The van der Waals surface area contributed by atoms with Gasteiger partial charge in [-0.05, 0) is 79.8 Å². The molecule has 214 valence electrons. The molecule has 0 spiro atoms. The zero-order valence-electron chi connectivity index (χ0n) is 22.3. The third kappa shape index (κ3) is 6.86. The SMILES string of the molecule is C[C@]1(C[C@@H]2CCCC[C@H]2Nc2ncc(-c3ccc(OC(F)(F)F)cc3)o2)CCCN(c2ccc([N+](=O)[O-])cc2)C1. The van der Waals surface area contributed by atoms with Crippen molar-refractivity contribution in [1.29, 1.82) is 0 Å². The molecule has 2 fully saturated rings. The fourth-order valence-electron chi connectivity index (χ4n) is 6.22. The van der Waals surface area contributed by atoms with Gasteiger partial charge in [-0.2, -0.15) is 0 Å². The number of piperidine rings is 1. The molecule has 3 atom stereocenters. The summed E-state index contributed by atoms with van der Waals surface area (Å²) in [6, 6.07) is 12.9. The largest absolute Gasteiger partial charge is 0.573 e. The number of oxazole rings is 1. The number of hydrogen-bond acceptors (Lipinski definition) is 7. The molecule has 1 saturated carbocycles. The highest BCUT2D eigenvalue weighted by Crippen LogP contribution is 2.42. The normalized spacial score (nSPS) is 23.6. The smallest absolute Gasteiger partial charge is 0.424 e. The van der Waals surface area contributed by atoms with E-state index in [0.717, 1.165) is 57.3 Å². The highest BCUT2D eigenvalue weighted by molar-refractivity contribution is 5.58. The van der Waals surface area contributed by atoms with Crippen LogP contribution in [0, 0.1) is 21.4 Å². The number of nitro benzene ring substituents is 1. The number of anilines is 2. The molecule has 3 aromatic rings. The van der Waals surface area contributed by atoms with Crippen molar-refractivity contribution in [3.05, 3.63) is 64.8 Å². The van der Waals surface area contributed by atoms with Crippen LogP contribution in [-0.2, 0) is 0 Å². The Kier molecular flexibility index (Phi) is 7.91. The molecule has 8 nitrogen and oxygen atoms in total. The van der Waals surface area contributed by atoms with Crippen molar-refractivity contribution >= 4 is 17.4 Å². The van der Waals surface area contributed by atoms with Gasteiger partial charge in [0.05, 0.1) is 11.1 Å². The lowest BCUT2D eigenvalue weighted by molar-refractivity contribution is -0.384. The maximum atomic E-state index is 12.4. The highest BCUT2D eigenvalue weighted by Gasteiger charge is 2.37. The second-order valence-corrected chi connectivity index (χ2v) is 11.2. The van der Waals surface area contributed by atoms with E-state index in [0.29, 0.717) is 23.3 Å². The van der Waals surface area contributed by atoms with Gasteiger partial charge in [0.15, 0.2) is 5.76 Å². The predicted octanol–water partition coefficient (Wildman–Crippen LogP) is 7.82. The molecule has 1 aromatic heterocycles. The van der Waals surface area contributed by atoms with Crippen LogP contribution in [0.15, 0.2) is 59.1 Å². The highest BCUT2D eigenvalue weighted by atomic mass is 19.4. The third-order valence-electron chi connectivity index (χ3n) is 8.06. The summed E-state index contributed by atoms with van der Waals surface area (Å²) < 4.78 is 47.2. The Bertz CT molecular complexity index is 1300. The fourth-order valence-corrected chi connectivity index (χ4v) is 6.22. The first kappa shape index (κ1) is 27.8. The summed E-state index contributed by atoms with van der Waals surface area (Å²) in [6.07, 6.45) is 4.48. The minimum atomic E-state index is -4.74. The zero-order valence-corrected chi connectivity index (χ0v) is 22.3. The number of nitrogens with zero attached hydrogens (tertiary/aromatic N) is 3. The van der Waals surface area contributed by atoms with E-state index in [1.807, 2.05) is 12.1 Å². The van der Waals surface area contributed by atoms with Gasteiger partial charge >= 0.3 is 6.36 Å². The Labute approximate surface area is 230 Å². The number of alkyl halides is 3. The lowest BCUT2D eigenvalue weighted by atomic mass is 9.70. The predicted molar refractivity (Wildman–Crippen MR) is 145 cm³/mol. The van der Waals surface area contributed by atoms with Crippen LogP contribution in [0.5, 0.6) is 5.75 Å². The van der Waals surface area contributed by atoms with E-state index < -0.39 is 6.36 Å². The van der Waals surface area contributed by atoms with Gasteiger partial charge in [0.1, 0.15) is 5.75 Å². The summed E-state index contributed by atoms with van der Waals surface area (Å²) >= 11 is 0. The topological polar surface area (TPSA) is 93.7 Å². The summed E-state index contributed by atoms with van der Waals surface area (Å²) in [5.41, 5.74) is 1.82. The number of benzene rings is 2. The van der Waals surface area contributed by atoms with Crippen molar-refractivity contribution in [1.82, 2.24) is 4.98 Å². The maximum Gasteiger partial charge on any atom is 0.573 e. The van der Waals surface area contributed by atoms with Crippen LogP contribution in [0.1, 0.15) is 51.9 Å². The molecule has 2 aromatic carbocycles. The maximum absolute atomic E-state index is 12.4. The summed E-state index contributed by atoms with van der Waals surface area (Å²) in [4.78, 5) is 17.4. The average Bonchev–Trinajstić information content (AvgIpc) is 3.38. The van der Waals surface area contributed by atoms with E-state index in [2.05, 4.69) is 26.9 Å². The number of rotatable bonds is 8.